The average Bonchev–Trinajstić information content (AvgIpc) is 3.46. The van der Waals surface area contributed by atoms with Crippen LogP contribution in [0.1, 0.15) is 239 Å². The number of hydrogen-bond donors (Lipinski definition) is 4. The minimum absolute atomic E-state index is 0.0825. The van der Waals surface area contributed by atoms with E-state index in [1.54, 1.807) is 0 Å². The molecule has 478 valence electrons. The molecule has 0 spiro atoms. The van der Waals surface area contributed by atoms with Crippen molar-refractivity contribution in [1.29, 1.82) is 0 Å². The van der Waals surface area contributed by atoms with Crippen molar-refractivity contribution in [2.45, 2.75) is 257 Å². The summed E-state index contributed by atoms with van der Waals surface area (Å²) < 4.78 is 60.7. The summed E-state index contributed by atoms with van der Waals surface area (Å²) in [7, 11) is -9.78. The summed E-state index contributed by atoms with van der Waals surface area (Å²) in [6.45, 7) is 2.39. The van der Waals surface area contributed by atoms with E-state index in [-0.39, 0.29) is 19.3 Å². The molecule has 0 radical (unpaired) electrons. The molecule has 18 heteroatoms. The molecular weight excluding hydrogens is 1100 g/mol. The van der Waals surface area contributed by atoms with Gasteiger partial charge in [0, 0.05) is 19.3 Å². The molecule has 0 aliphatic heterocycles. The van der Waals surface area contributed by atoms with E-state index < -0.39 is 91.5 Å². The Labute approximate surface area is 501 Å². The summed E-state index contributed by atoms with van der Waals surface area (Å²) in [5.74, 6) is -1.63. The number of ether oxygens (including phenoxy) is 3. The summed E-state index contributed by atoms with van der Waals surface area (Å²) in [4.78, 5) is 58.2. The van der Waals surface area contributed by atoms with Crippen molar-refractivity contribution in [2.24, 2.45) is 0 Å². The van der Waals surface area contributed by atoms with Crippen molar-refractivity contribution in [3.8, 4) is 0 Å². The van der Waals surface area contributed by atoms with Crippen LogP contribution in [-0.2, 0) is 55.8 Å². The van der Waals surface area contributed by atoms with Crippen molar-refractivity contribution in [3.05, 3.63) is 97.2 Å². The van der Waals surface area contributed by atoms with E-state index in [9.17, 15) is 43.5 Å². The van der Waals surface area contributed by atoms with Crippen LogP contribution in [0.25, 0.3) is 0 Å². The zero-order valence-electron chi connectivity index (χ0n) is 51.3. The summed E-state index contributed by atoms with van der Waals surface area (Å²) >= 11 is 0. The fraction of sp³-hybridized carbons (Fsp3) is 0.708. The lowest BCUT2D eigenvalue weighted by molar-refractivity contribution is -0.161. The number of aliphatic hydroxyl groups excluding tert-OH is 2. The SMILES string of the molecule is CC/C=C\C/C=C\C/C=C\CCCCCCCC(=O)OCC(COP(=O)(O)OCC(O)COP(=O)(O)OCC(O)COC(=O)CCCCCCCC/C=C\C/C=C\C/C=C\CCCCC)OC(=O)CCCCCCC/C=C\C/C=C\CCC. The van der Waals surface area contributed by atoms with Gasteiger partial charge in [0.1, 0.15) is 25.4 Å². The van der Waals surface area contributed by atoms with Crippen molar-refractivity contribution >= 4 is 33.6 Å². The highest BCUT2D eigenvalue weighted by Gasteiger charge is 2.29. The third-order valence-electron chi connectivity index (χ3n) is 12.7. The van der Waals surface area contributed by atoms with Crippen molar-refractivity contribution in [3.63, 3.8) is 0 Å². The first-order valence-electron chi connectivity index (χ1n) is 31.5. The average molecular weight is 1210 g/mol. The van der Waals surface area contributed by atoms with Gasteiger partial charge in [-0.3, -0.25) is 32.5 Å². The minimum Gasteiger partial charge on any atom is -0.463 e. The number of carbonyl (C=O) groups excluding carboxylic acids is 3. The second-order valence-corrected chi connectivity index (χ2v) is 23.7. The molecule has 0 amide bonds. The van der Waals surface area contributed by atoms with Crippen LogP contribution in [0.2, 0.25) is 0 Å². The zero-order valence-corrected chi connectivity index (χ0v) is 53.1. The Balaban J connectivity index is 4.67. The number of phosphoric acid groups is 2. The first-order valence-corrected chi connectivity index (χ1v) is 34.5. The normalized spacial score (nSPS) is 15.0. The van der Waals surface area contributed by atoms with Gasteiger partial charge in [-0.2, -0.15) is 0 Å². The molecule has 4 N–H and O–H groups in total. The van der Waals surface area contributed by atoms with Gasteiger partial charge in [0.25, 0.3) is 0 Å². The maximum absolute atomic E-state index is 12.9. The molecule has 0 aliphatic rings. The highest BCUT2D eigenvalue weighted by Crippen LogP contribution is 2.45. The molecule has 5 unspecified atom stereocenters. The third-order valence-corrected chi connectivity index (χ3v) is 14.6. The molecule has 0 aromatic rings. The number of hydrogen-bond acceptors (Lipinski definition) is 14. The largest absolute Gasteiger partial charge is 0.472 e. The molecular formula is C65H112O16P2. The predicted octanol–water partition coefficient (Wildman–Crippen LogP) is 16.7. The van der Waals surface area contributed by atoms with Crippen LogP contribution in [0, 0.1) is 0 Å². The van der Waals surface area contributed by atoms with Gasteiger partial charge in [0.15, 0.2) is 6.10 Å². The van der Waals surface area contributed by atoms with Crippen molar-refractivity contribution in [2.75, 3.05) is 39.6 Å². The van der Waals surface area contributed by atoms with Crippen LogP contribution in [0.3, 0.4) is 0 Å². The summed E-state index contributed by atoms with van der Waals surface area (Å²) in [5, 5.41) is 20.5. The fourth-order valence-electron chi connectivity index (χ4n) is 7.92. The van der Waals surface area contributed by atoms with Crippen LogP contribution in [-0.4, -0.2) is 95.9 Å². The molecule has 0 aliphatic carbocycles. The van der Waals surface area contributed by atoms with Crippen LogP contribution in [0.5, 0.6) is 0 Å². The van der Waals surface area contributed by atoms with Crippen molar-refractivity contribution in [1.82, 2.24) is 0 Å². The monoisotopic (exact) mass is 1210 g/mol. The van der Waals surface area contributed by atoms with E-state index in [1.165, 1.54) is 25.7 Å². The van der Waals surface area contributed by atoms with Gasteiger partial charge >= 0.3 is 33.6 Å². The van der Waals surface area contributed by atoms with Crippen LogP contribution < -0.4 is 0 Å². The van der Waals surface area contributed by atoms with Crippen LogP contribution in [0.15, 0.2) is 97.2 Å². The number of esters is 3. The smallest absolute Gasteiger partial charge is 0.463 e. The Hall–Kier alpha value is -3.53. The number of carbonyl (C=O) groups is 3. The summed E-state index contributed by atoms with van der Waals surface area (Å²) in [6, 6.07) is 0. The van der Waals surface area contributed by atoms with Crippen LogP contribution >= 0.6 is 15.6 Å². The van der Waals surface area contributed by atoms with E-state index in [0.29, 0.717) is 19.3 Å². The van der Waals surface area contributed by atoms with Gasteiger partial charge < -0.3 is 34.2 Å². The number of rotatable bonds is 59. The molecule has 0 rings (SSSR count). The van der Waals surface area contributed by atoms with Gasteiger partial charge in [-0.15, -0.1) is 0 Å². The van der Waals surface area contributed by atoms with E-state index in [0.717, 1.165) is 154 Å². The molecule has 16 nitrogen and oxygen atoms in total. The molecule has 0 aromatic heterocycles. The Kier molecular flexibility index (Phi) is 56.3. The second-order valence-electron chi connectivity index (χ2n) is 20.8. The van der Waals surface area contributed by atoms with E-state index in [2.05, 4.69) is 118 Å². The Morgan fingerprint density at radius 3 is 1.06 bits per heavy atom. The maximum atomic E-state index is 12.9. The third kappa shape index (κ3) is 60.0. The molecule has 5 atom stereocenters. The number of unbranched alkanes of at least 4 members (excludes halogenated alkanes) is 20. The second kappa shape index (κ2) is 58.8. The lowest BCUT2D eigenvalue weighted by Gasteiger charge is -2.21. The fourth-order valence-corrected chi connectivity index (χ4v) is 9.51. The van der Waals surface area contributed by atoms with Gasteiger partial charge in [-0.05, 0) is 116 Å². The molecule has 0 saturated carbocycles. The maximum Gasteiger partial charge on any atom is 0.472 e. The van der Waals surface area contributed by atoms with E-state index in [4.69, 9.17) is 32.3 Å². The van der Waals surface area contributed by atoms with E-state index >= 15 is 0 Å². The molecule has 0 fully saturated rings. The standard InChI is InChI=1S/C65H112O16P2/c1-4-7-10-13-16-19-22-25-27-28-29-30-32-35-36-39-42-45-48-51-63(68)75-54-60(66)55-77-82(71,72)78-56-61(67)57-79-83(73,74)80-59-62(81-65(70)53-50-47-44-41-38-33-24-21-18-15-12-9-6-3)58-76-64(69)52-49-46-43-40-37-34-31-26-23-20-17-14-11-8-5-2/h8,11-12,15-17,19-21,24-27,29-31,60-62,66-67H,4-7,9-10,13-14,18,22-23,28,32-59H2,1-3H3,(H,71,72)(H,73,74)/b11-8-,15-12-,19-16-,20-17-,24-21-,27-25-,30-29-,31-26-. The highest BCUT2D eigenvalue weighted by atomic mass is 31.2. The minimum atomic E-state index is -4.93. The predicted molar refractivity (Wildman–Crippen MR) is 334 cm³/mol. The topological polar surface area (TPSA) is 231 Å². The van der Waals surface area contributed by atoms with Crippen LogP contribution in [0.4, 0.5) is 0 Å². The lowest BCUT2D eigenvalue weighted by atomic mass is 10.1. The molecule has 0 heterocycles. The highest BCUT2D eigenvalue weighted by molar-refractivity contribution is 7.47. The molecule has 83 heavy (non-hydrogen) atoms. The van der Waals surface area contributed by atoms with Gasteiger partial charge in [-0.1, -0.05) is 201 Å². The zero-order chi connectivity index (χ0) is 61.0. The van der Waals surface area contributed by atoms with Gasteiger partial charge in [-0.25, -0.2) is 9.13 Å². The molecule has 0 bridgehead atoms. The van der Waals surface area contributed by atoms with Gasteiger partial charge in [0.2, 0.25) is 0 Å². The Morgan fingerprint density at radius 1 is 0.349 bits per heavy atom. The Bertz CT molecular complexity index is 1910. The quantitative estimate of drug-likeness (QED) is 0.0146. The molecule has 0 aromatic carbocycles. The Morgan fingerprint density at radius 2 is 0.663 bits per heavy atom. The summed E-state index contributed by atoms with van der Waals surface area (Å²) in [6.07, 6.45) is 61.8. The van der Waals surface area contributed by atoms with Crippen molar-refractivity contribution < 1.29 is 75.8 Å². The first-order chi connectivity index (χ1) is 40.2. The number of aliphatic hydroxyl groups is 2. The van der Waals surface area contributed by atoms with E-state index in [1.807, 2.05) is 0 Å². The first kappa shape index (κ1) is 79.5. The summed E-state index contributed by atoms with van der Waals surface area (Å²) in [5.41, 5.74) is 0. The lowest BCUT2D eigenvalue weighted by Crippen LogP contribution is -2.30. The molecule has 0 saturated heterocycles. The number of allylic oxidation sites excluding steroid dienone is 16. The number of phosphoric ester groups is 2. The van der Waals surface area contributed by atoms with Gasteiger partial charge in [0.05, 0.1) is 26.4 Å².